The largest absolute Gasteiger partial charge is 0.370 e. The number of nitrogens with one attached hydrogen (secondary N) is 1. The molecule has 0 spiro atoms. The molecular formula is C20H28IN5O. The average Bonchev–Trinajstić information content (AvgIpc) is 2.65. The minimum atomic E-state index is -0.0818. The molecular weight excluding hydrogens is 453 g/mol. The van der Waals surface area contributed by atoms with Crippen molar-refractivity contribution in [3.05, 3.63) is 59.9 Å². The molecule has 1 aromatic carbocycles. The fourth-order valence-corrected chi connectivity index (χ4v) is 2.39. The summed E-state index contributed by atoms with van der Waals surface area (Å²) in [4.78, 5) is 22.2. The number of hydrogen-bond acceptors (Lipinski definition) is 3. The fraction of sp³-hybridized carbons (Fsp3) is 0.350. The lowest BCUT2D eigenvalue weighted by atomic mass is 10.0. The number of carbonyl (C=O) groups excluding carboxylic acids is 1. The van der Waals surface area contributed by atoms with Gasteiger partial charge >= 0.3 is 0 Å². The van der Waals surface area contributed by atoms with Gasteiger partial charge in [0.15, 0.2) is 5.96 Å². The molecule has 27 heavy (non-hydrogen) atoms. The Morgan fingerprint density at radius 3 is 2.70 bits per heavy atom. The zero-order valence-corrected chi connectivity index (χ0v) is 18.4. The molecule has 1 aromatic heterocycles. The summed E-state index contributed by atoms with van der Waals surface area (Å²) in [5.41, 5.74) is 8.95. The highest BCUT2D eigenvalue weighted by Gasteiger charge is 2.09. The van der Waals surface area contributed by atoms with E-state index in [-0.39, 0.29) is 42.4 Å². The van der Waals surface area contributed by atoms with Gasteiger partial charge in [-0.2, -0.15) is 0 Å². The van der Waals surface area contributed by atoms with Crippen LogP contribution in [0.5, 0.6) is 0 Å². The van der Waals surface area contributed by atoms with Crippen LogP contribution >= 0.6 is 24.0 Å². The predicted molar refractivity (Wildman–Crippen MR) is 122 cm³/mol. The predicted octanol–water partition coefficient (Wildman–Crippen LogP) is 3.25. The number of guanidine groups is 1. The Balaban J connectivity index is 0.00000364. The van der Waals surface area contributed by atoms with Crippen molar-refractivity contribution in [3.8, 4) is 0 Å². The van der Waals surface area contributed by atoms with Gasteiger partial charge in [0, 0.05) is 37.6 Å². The number of carbonyl (C=O) groups is 1. The van der Waals surface area contributed by atoms with Crippen LogP contribution in [-0.4, -0.2) is 41.9 Å². The minimum absolute atomic E-state index is 0. The van der Waals surface area contributed by atoms with Crippen molar-refractivity contribution in [3.63, 3.8) is 0 Å². The average molecular weight is 481 g/mol. The van der Waals surface area contributed by atoms with Crippen molar-refractivity contribution >= 4 is 41.5 Å². The summed E-state index contributed by atoms with van der Waals surface area (Å²) in [6.45, 7) is 4.88. The van der Waals surface area contributed by atoms with Crippen LogP contribution in [0.3, 0.4) is 0 Å². The van der Waals surface area contributed by atoms with E-state index in [0.29, 0.717) is 18.9 Å². The van der Waals surface area contributed by atoms with E-state index >= 15 is 0 Å². The maximum atomic E-state index is 12.2. The first kappa shape index (κ1) is 22.9. The Labute approximate surface area is 178 Å². The van der Waals surface area contributed by atoms with Gasteiger partial charge in [-0.05, 0) is 35.7 Å². The molecule has 0 radical (unpaired) electrons. The third-order valence-corrected chi connectivity index (χ3v) is 4.07. The third-order valence-electron chi connectivity index (χ3n) is 4.07. The lowest BCUT2D eigenvalue weighted by Gasteiger charge is -2.16. The molecule has 3 N–H and O–H groups in total. The van der Waals surface area contributed by atoms with Crippen molar-refractivity contribution in [2.45, 2.75) is 26.2 Å². The Hall–Kier alpha value is -2.16. The molecule has 2 rings (SSSR count). The number of aromatic nitrogens is 1. The summed E-state index contributed by atoms with van der Waals surface area (Å²) in [6.07, 6.45) is 2.46. The highest BCUT2D eigenvalue weighted by Crippen LogP contribution is 2.18. The number of pyridine rings is 1. The molecule has 1 amide bonds. The van der Waals surface area contributed by atoms with E-state index in [1.165, 1.54) is 5.56 Å². The summed E-state index contributed by atoms with van der Waals surface area (Å²) in [6, 6.07) is 13.8. The van der Waals surface area contributed by atoms with E-state index in [4.69, 9.17) is 5.73 Å². The lowest BCUT2D eigenvalue weighted by Crippen LogP contribution is -2.32. The maximum Gasteiger partial charge on any atom is 0.244 e. The number of nitrogens with two attached hydrogens (primary N) is 1. The summed E-state index contributed by atoms with van der Waals surface area (Å²) in [7, 11) is 1.76. The number of hydrogen-bond donors (Lipinski definition) is 2. The van der Waals surface area contributed by atoms with E-state index in [2.05, 4.69) is 35.2 Å². The SMILES string of the molecule is CC(C)c1cccc(NC(N)=NCC(=O)N(C)CCc2ccccn2)c1.I. The van der Waals surface area contributed by atoms with Crippen molar-refractivity contribution in [2.24, 2.45) is 10.7 Å². The van der Waals surface area contributed by atoms with Crippen molar-refractivity contribution in [1.29, 1.82) is 0 Å². The number of anilines is 1. The zero-order chi connectivity index (χ0) is 18.9. The number of benzene rings is 1. The highest BCUT2D eigenvalue weighted by molar-refractivity contribution is 14.0. The van der Waals surface area contributed by atoms with Crippen LogP contribution in [0.25, 0.3) is 0 Å². The molecule has 2 aromatic rings. The van der Waals surface area contributed by atoms with Crippen LogP contribution in [0.1, 0.15) is 31.0 Å². The molecule has 0 saturated carbocycles. The summed E-state index contributed by atoms with van der Waals surface area (Å²) in [5, 5.41) is 3.04. The molecule has 6 nitrogen and oxygen atoms in total. The van der Waals surface area contributed by atoms with E-state index in [9.17, 15) is 4.79 Å². The molecule has 1 heterocycles. The molecule has 0 aliphatic heterocycles. The smallest absolute Gasteiger partial charge is 0.244 e. The zero-order valence-electron chi connectivity index (χ0n) is 16.1. The minimum Gasteiger partial charge on any atom is -0.370 e. The molecule has 0 saturated heterocycles. The van der Waals surface area contributed by atoms with Gasteiger partial charge in [-0.1, -0.05) is 32.0 Å². The van der Waals surface area contributed by atoms with Crippen molar-refractivity contribution < 1.29 is 4.79 Å². The second kappa shape index (κ2) is 11.5. The van der Waals surface area contributed by atoms with Gasteiger partial charge in [-0.15, -0.1) is 24.0 Å². The fourth-order valence-electron chi connectivity index (χ4n) is 2.39. The molecule has 146 valence electrons. The number of likely N-dealkylation sites (N-methyl/N-ethyl adjacent to an activating group) is 1. The van der Waals surface area contributed by atoms with Crippen molar-refractivity contribution in [2.75, 3.05) is 25.5 Å². The van der Waals surface area contributed by atoms with Gasteiger partial charge < -0.3 is 16.0 Å². The maximum absolute atomic E-state index is 12.2. The Bertz CT molecular complexity index is 749. The van der Waals surface area contributed by atoms with Gasteiger partial charge in [-0.25, -0.2) is 4.99 Å². The second-order valence-corrected chi connectivity index (χ2v) is 6.49. The van der Waals surface area contributed by atoms with Gasteiger partial charge in [-0.3, -0.25) is 9.78 Å². The van der Waals surface area contributed by atoms with E-state index in [0.717, 1.165) is 11.4 Å². The monoisotopic (exact) mass is 481 g/mol. The van der Waals surface area contributed by atoms with Crippen LogP contribution in [0.2, 0.25) is 0 Å². The van der Waals surface area contributed by atoms with Gasteiger partial charge in [0.25, 0.3) is 0 Å². The first-order valence-electron chi connectivity index (χ1n) is 8.76. The normalized spacial score (nSPS) is 11.0. The quantitative estimate of drug-likeness (QED) is 0.362. The third kappa shape index (κ3) is 7.94. The first-order chi connectivity index (χ1) is 12.5. The number of amides is 1. The summed E-state index contributed by atoms with van der Waals surface area (Å²) < 4.78 is 0. The summed E-state index contributed by atoms with van der Waals surface area (Å²) in [5.74, 6) is 0.586. The van der Waals surface area contributed by atoms with E-state index < -0.39 is 0 Å². The van der Waals surface area contributed by atoms with Gasteiger partial charge in [0.1, 0.15) is 6.54 Å². The Morgan fingerprint density at radius 2 is 2.04 bits per heavy atom. The Morgan fingerprint density at radius 1 is 1.26 bits per heavy atom. The number of aliphatic imine (C=N–C) groups is 1. The molecule has 7 heteroatoms. The second-order valence-electron chi connectivity index (χ2n) is 6.49. The molecule has 0 atom stereocenters. The molecule has 0 aliphatic carbocycles. The number of nitrogens with zero attached hydrogens (tertiary/aromatic N) is 3. The molecule has 0 bridgehead atoms. The number of rotatable bonds is 7. The van der Waals surface area contributed by atoms with Gasteiger partial charge in [0.2, 0.25) is 5.91 Å². The van der Waals surface area contributed by atoms with Crippen LogP contribution < -0.4 is 11.1 Å². The van der Waals surface area contributed by atoms with E-state index in [1.807, 2.05) is 36.4 Å². The standard InChI is InChI=1S/C20H27N5O.HI/c1-15(2)16-7-6-9-18(13-16)24-20(21)23-14-19(26)25(3)12-10-17-8-4-5-11-22-17;/h4-9,11,13,15H,10,12,14H2,1-3H3,(H3,21,23,24);1H. The first-order valence-corrected chi connectivity index (χ1v) is 8.76. The molecule has 0 unspecified atom stereocenters. The Kier molecular flexibility index (Phi) is 9.77. The van der Waals surface area contributed by atoms with Crippen molar-refractivity contribution in [1.82, 2.24) is 9.88 Å². The van der Waals surface area contributed by atoms with Crippen LogP contribution in [-0.2, 0) is 11.2 Å². The lowest BCUT2D eigenvalue weighted by molar-refractivity contribution is -0.128. The number of halogens is 1. The topological polar surface area (TPSA) is 83.6 Å². The van der Waals surface area contributed by atoms with Crippen LogP contribution in [0.4, 0.5) is 5.69 Å². The molecule has 0 aliphatic rings. The van der Waals surface area contributed by atoms with Gasteiger partial charge in [0.05, 0.1) is 0 Å². The highest BCUT2D eigenvalue weighted by atomic mass is 127. The van der Waals surface area contributed by atoms with E-state index in [1.54, 1.807) is 18.1 Å². The van der Waals surface area contributed by atoms with Crippen LogP contribution in [0.15, 0.2) is 53.7 Å². The summed E-state index contributed by atoms with van der Waals surface area (Å²) >= 11 is 0. The molecule has 0 fully saturated rings. The van der Waals surface area contributed by atoms with Crippen LogP contribution in [0, 0.1) is 0 Å².